The van der Waals surface area contributed by atoms with Gasteiger partial charge in [-0.2, -0.15) is 0 Å². The lowest BCUT2D eigenvalue weighted by Gasteiger charge is -2.09. The molecular formula is C10H16N2O4S2. The molecule has 0 amide bonds. The first-order valence-corrected chi connectivity index (χ1v) is 8.32. The van der Waals surface area contributed by atoms with Crippen LogP contribution in [0.15, 0.2) is 29.2 Å². The number of nitrogens with two attached hydrogens (primary N) is 1. The van der Waals surface area contributed by atoms with E-state index >= 15 is 0 Å². The number of rotatable bonds is 5. The van der Waals surface area contributed by atoms with Gasteiger partial charge in [0, 0.05) is 6.54 Å². The Morgan fingerprint density at radius 3 is 2.33 bits per heavy atom. The Kier molecular flexibility index (Phi) is 4.49. The minimum absolute atomic E-state index is 0.0316. The van der Waals surface area contributed by atoms with Crippen molar-refractivity contribution in [3.05, 3.63) is 29.8 Å². The topological polar surface area (TPSA) is 106 Å². The molecule has 102 valence electrons. The van der Waals surface area contributed by atoms with Crippen molar-refractivity contribution < 1.29 is 16.8 Å². The summed E-state index contributed by atoms with van der Waals surface area (Å²) < 4.78 is 47.7. The Hall–Kier alpha value is -0.960. The Labute approximate surface area is 107 Å². The van der Waals surface area contributed by atoms with Crippen molar-refractivity contribution in [1.82, 2.24) is 4.72 Å². The van der Waals surface area contributed by atoms with Gasteiger partial charge in [0.1, 0.15) is 0 Å². The van der Waals surface area contributed by atoms with Crippen LogP contribution in [0.2, 0.25) is 0 Å². The fourth-order valence-corrected chi connectivity index (χ4v) is 2.47. The van der Waals surface area contributed by atoms with E-state index in [-0.39, 0.29) is 11.4 Å². The van der Waals surface area contributed by atoms with Gasteiger partial charge in [0.2, 0.25) is 20.0 Å². The molecule has 0 unspecified atom stereocenters. The second-order valence-electron chi connectivity index (χ2n) is 4.11. The maximum atomic E-state index is 11.5. The van der Waals surface area contributed by atoms with Crippen molar-refractivity contribution in [3.63, 3.8) is 0 Å². The van der Waals surface area contributed by atoms with Crippen LogP contribution in [0.1, 0.15) is 19.4 Å². The summed E-state index contributed by atoms with van der Waals surface area (Å²) in [6, 6.07) is 5.84. The average Bonchev–Trinajstić information content (AvgIpc) is 2.25. The van der Waals surface area contributed by atoms with Gasteiger partial charge in [0.05, 0.1) is 10.1 Å². The third-order valence-corrected chi connectivity index (χ3v) is 5.02. The number of benzene rings is 1. The summed E-state index contributed by atoms with van der Waals surface area (Å²) in [6.45, 7) is 3.15. The van der Waals surface area contributed by atoms with Crippen LogP contribution in [0.3, 0.4) is 0 Å². The highest BCUT2D eigenvalue weighted by Crippen LogP contribution is 2.10. The third kappa shape index (κ3) is 4.05. The van der Waals surface area contributed by atoms with Crippen molar-refractivity contribution in [2.24, 2.45) is 5.14 Å². The van der Waals surface area contributed by atoms with Gasteiger partial charge >= 0.3 is 0 Å². The van der Waals surface area contributed by atoms with Crippen molar-refractivity contribution >= 4 is 20.0 Å². The second-order valence-corrected chi connectivity index (χ2v) is 7.99. The van der Waals surface area contributed by atoms with Crippen LogP contribution in [0.25, 0.3) is 0 Å². The van der Waals surface area contributed by atoms with E-state index in [1.165, 1.54) is 18.2 Å². The first kappa shape index (κ1) is 15.1. The summed E-state index contributed by atoms with van der Waals surface area (Å²) in [5.41, 5.74) is 0.533. The molecule has 1 rings (SSSR count). The Morgan fingerprint density at radius 2 is 1.83 bits per heavy atom. The SMILES string of the molecule is CC(C)S(=O)(=O)NCc1cccc(S(N)(=O)=O)c1. The molecule has 0 spiro atoms. The van der Waals surface area contributed by atoms with E-state index < -0.39 is 25.3 Å². The van der Waals surface area contributed by atoms with Gasteiger partial charge in [-0.15, -0.1) is 0 Å². The molecule has 0 aromatic heterocycles. The predicted octanol–water partition coefficient (Wildman–Crippen LogP) is 0.162. The molecule has 0 radical (unpaired) electrons. The predicted molar refractivity (Wildman–Crippen MR) is 68.7 cm³/mol. The molecule has 1 aromatic carbocycles. The zero-order valence-corrected chi connectivity index (χ0v) is 11.8. The summed E-state index contributed by atoms with van der Waals surface area (Å²) in [7, 11) is -7.15. The van der Waals surface area contributed by atoms with Gasteiger partial charge in [-0.05, 0) is 31.5 Å². The van der Waals surface area contributed by atoms with Crippen LogP contribution in [0.4, 0.5) is 0 Å². The highest BCUT2D eigenvalue weighted by atomic mass is 32.2. The fraction of sp³-hybridized carbons (Fsp3) is 0.400. The van der Waals surface area contributed by atoms with Crippen LogP contribution in [-0.4, -0.2) is 22.1 Å². The lowest BCUT2D eigenvalue weighted by Crippen LogP contribution is -2.30. The van der Waals surface area contributed by atoms with E-state index in [2.05, 4.69) is 4.72 Å². The lowest BCUT2D eigenvalue weighted by molar-refractivity contribution is 0.572. The van der Waals surface area contributed by atoms with Gasteiger partial charge in [0.15, 0.2) is 0 Å². The van der Waals surface area contributed by atoms with Gasteiger partial charge in [-0.25, -0.2) is 26.7 Å². The minimum Gasteiger partial charge on any atom is -0.225 e. The maximum Gasteiger partial charge on any atom is 0.238 e. The molecule has 0 saturated carbocycles. The van der Waals surface area contributed by atoms with Gasteiger partial charge in [0.25, 0.3) is 0 Å². The number of hydrogen-bond donors (Lipinski definition) is 2. The Morgan fingerprint density at radius 1 is 1.22 bits per heavy atom. The molecule has 3 N–H and O–H groups in total. The van der Waals surface area contributed by atoms with Crippen LogP contribution in [-0.2, 0) is 26.6 Å². The van der Waals surface area contributed by atoms with E-state index in [0.717, 1.165) is 0 Å². The largest absolute Gasteiger partial charge is 0.238 e. The molecule has 6 nitrogen and oxygen atoms in total. The summed E-state index contributed by atoms with van der Waals surface area (Å²) in [6.07, 6.45) is 0. The van der Waals surface area contributed by atoms with E-state index in [9.17, 15) is 16.8 Å². The average molecular weight is 292 g/mol. The molecule has 0 fully saturated rings. The molecule has 8 heteroatoms. The zero-order valence-electron chi connectivity index (χ0n) is 10.1. The van der Waals surface area contributed by atoms with Gasteiger partial charge < -0.3 is 0 Å². The lowest BCUT2D eigenvalue weighted by atomic mass is 10.2. The van der Waals surface area contributed by atoms with E-state index in [4.69, 9.17) is 5.14 Å². The summed E-state index contributed by atoms with van der Waals surface area (Å²) in [5, 5.41) is 4.45. The number of nitrogens with one attached hydrogen (secondary N) is 1. The quantitative estimate of drug-likeness (QED) is 0.806. The van der Waals surface area contributed by atoms with E-state index in [0.29, 0.717) is 5.56 Å². The van der Waals surface area contributed by atoms with Crippen molar-refractivity contribution in [3.8, 4) is 0 Å². The van der Waals surface area contributed by atoms with Crippen LogP contribution < -0.4 is 9.86 Å². The van der Waals surface area contributed by atoms with Gasteiger partial charge in [-0.3, -0.25) is 0 Å². The molecule has 0 heterocycles. The van der Waals surface area contributed by atoms with E-state index in [1.54, 1.807) is 19.9 Å². The molecule has 0 saturated heterocycles. The third-order valence-electron chi connectivity index (χ3n) is 2.33. The first-order valence-electron chi connectivity index (χ1n) is 5.23. The first-order chi connectivity index (χ1) is 8.13. The number of sulfonamides is 2. The zero-order chi connectivity index (χ0) is 14.0. The Balaban J connectivity index is 2.88. The minimum atomic E-state index is -3.77. The van der Waals surface area contributed by atoms with Crippen molar-refractivity contribution in [1.29, 1.82) is 0 Å². The fourth-order valence-electron chi connectivity index (χ4n) is 1.18. The van der Waals surface area contributed by atoms with Crippen molar-refractivity contribution in [2.75, 3.05) is 0 Å². The summed E-state index contributed by atoms with van der Waals surface area (Å²) in [5.74, 6) is 0. The molecule has 18 heavy (non-hydrogen) atoms. The molecule has 0 aliphatic rings. The maximum absolute atomic E-state index is 11.5. The monoisotopic (exact) mass is 292 g/mol. The standard InChI is InChI=1S/C10H16N2O4S2/c1-8(2)18(15,16)12-7-9-4-3-5-10(6-9)17(11,13)14/h3-6,8,12H,7H2,1-2H3,(H2,11,13,14). The normalized spacial score (nSPS) is 12.9. The smallest absolute Gasteiger partial charge is 0.225 e. The van der Waals surface area contributed by atoms with Crippen molar-refractivity contribution in [2.45, 2.75) is 30.5 Å². The Bertz CT molecular complexity index is 621. The van der Waals surface area contributed by atoms with Crippen LogP contribution >= 0.6 is 0 Å². The molecule has 0 atom stereocenters. The highest BCUT2D eigenvalue weighted by molar-refractivity contribution is 7.90. The molecule has 0 aliphatic carbocycles. The van der Waals surface area contributed by atoms with E-state index in [1.807, 2.05) is 0 Å². The van der Waals surface area contributed by atoms with Gasteiger partial charge in [-0.1, -0.05) is 12.1 Å². The number of primary sulfonamides is 1. The second kappa shape index (κ2) is 5.35. The molecule has 0 bridgehead atoms. The molecular weight excluding hydrogens is 276 g/mol. The number of hydrogen-bond acceptors (Lipinski definition) is 4. The highest BCUT2D eigenvalue weighted by Gasteiger charge is 2.15. The van der Waals surface area contributed by atoms with Crippen LogP contribution in [0, 0.1) is 0 Å². The molecule has 1 aromatic rings. The van der Waals surface area contributed by atoms with Crippen LogP contribution in [0.5, 0.6) is 0 Å². The summed E-state index contributed by atoms with van der Waals surface area (Å²) >= 11 is 0. The molecule has 0 aliphatic heterocycles. The summed E-state index contributed by atoms with van der Waals surface area (Å²) in [4.78, 5) is -0.0382.